The molecule has 0 saturated carbocycles. The number of aryl methyl sites for hydroxylation is 1. The van der Waals surface area contributed by atoms with Gasteiger partial charge in [0.05, 0.1) is 0 Å². The summed E-state index contributed by atoms with van der Waals surface area (Å²) in [5.74, 6) is 1.16. The Hall–Kier alpha value is -1.84. The van der Waals surface area contributed by atoms with E-state index < -0.39 is 0 Å². The molecule has 0 amide bonds. The van der Waals surface area contributed by atoms with E-state index in [1.54, 1.807) is 7.05 Å². The molecule has 0 spiro atoms. The van der Waals surface area contributed by atoms with Crippen LogP contribution in [0.3, 0.4) is 0 Å². The van der Waals surface area contributed by atoms with Gasteiger partial charge in [0.1, 0.15) is 11.4 Å². The number of fused-ring (bicyclic) bond motifs is 1. The fourth-order valence-electron chi connectivity index (χ4n) is 1.33. The first-order chi connectivity index (χ1) is 6.70. The van der Waals surface area contributed by atoms with E-state index in [0.717, 1.165) is 16.7 Å². The molecule has 72 valence electrons. The number of hydrogen-bond donors (Lipinski definition) is 1. The molecule has 2 aromatic rings. The maximum absolute atomic E-state index is 5.68. The SMILES string of the molecule is CN=C(N)c1ccc2nc(C)oc2c1. The van der Waals surface area contributed by atoms with Gasteiger partial charge < -0.3 is 10.2 Å². The largest absolute Gasteiger partial charge is 0.441 e. The molecular weight excluding hydrogens is 178 g/mol. The normalized spacial score (nSPS) is 12.3. The standard InChI is InChI=1S/C10H11N3O/c1-6-13-8-4-3-7(10(11)12-2)5-9(8)14-6/h3-5H,1-2H3,(H2,11,12). The van der Waals surface area contributed by atoms with Crippen LogP contribution in [0.15, 0.2) is 27.6 Å². The molecule has 0 atom stereocenters. The Bertz CT molecular complexity index is 499. The van der Waals surface area contributed by atoms with Gasteiger partial charge in [-0.15, -0.1) is 0 Å². The molecule has 1 heterocycles. The molecule has 0 radical (unpaired) electrons. The molecular formula is C10H11N3O. The Balaban J connectivity index is 2.61. The smallest absolute Gasteiger partial charge is 0.192 e. The van der Waals surface area contributed by atoms with Crippen LogP contribution in [0.25, 0.3) is 11.1 Å². The van der Waals surface area contributed by atoms with Crippen molar-refractivity contribution in [3.63, 3.8) is 0 Å². The average molecular weight is 189 g/mol. The molecule has 0 saturated heterocycles. The van der Waals surface area contributed by atoms with Crippen LogP contribution in [-0.4, -0.2) is 17.9 Å². The Labute approximate surface area is 81.5 Å². The zero-order valence-electron chi connectivity index (χ0n) is 8.11. The van der Waals surface area contributed by atoms with Gasteiger partial charge in [-0.2, -0.15) is 0 Å². The van der Waals surface area contributed by atoms with Gasteiger partial charge in [-0.1, -0.05) is 0 Å². The molecule has 1 aromatic heterocycles. The summed E-state index contributed by atoms with van der Waals surface area (Å²) < 4.78 is 5.38. The molecule has 4 nitrogen and oxygen atoms in total. The first-order valence-electron chi connectivity index (χ1n) is 4.30. The van der Waals surface area contributed by atoms with Gasteiger partial charge in [0, 0.05) is 19.5 Å². The van der Waals surface area contributed by atoms with E-state index in [2.05, 4.69) is 9.98 Å². The maximum atomic E-state index is 5.68. The summed E-state index contributed by atoms with van der Waals surface area (Å²) in [6.07, 6.45) is 0. The van der Waals surface area contributed by atoms with Gasteiger partial charge in [0.2, 0.25) is 0 Å². The van der Waals surface area contributed by atoms with Crippen LogP contribution in [0, 0.1) is 6.92 Å². The van der Waals surface area contributed by atoms with Crippen LogP contribution >= 0.6 is 0 Å². The van der Waals surface area contributed by atoms with Crippen molar-refractivity contribution in [2.24, 2.45) is 10.7 Å². The van der Waals surface area contributed by atoms with Crippen molar-refractivity contribution in [1.29, 1.82) is 0 Å². The molecule has 0 aliphatic carbocycles. The van der Waals surface area contributed by atoms with Gasteiger partial charge >= 0.3 is 0 Å². The van der Waals surface area contributed by atoms with Crippen molar-refractivity contribution in [3.8, 4) is 0 Å². The van der Waals surface area contributed by atoms with Crippen molar-refractivity contribution in [2.75, 3.05) is 7.05 Å². The first kappa shape index (κ1) is 8.74. The summed E-state index contributed by atoms with van der Waals surface area (Å²) in [5, 5.41) is 0. The van der Waals surface area contributed by atoms with Gasteiger partial charge in [-0.05, 0) is 18.2 Å². The number of nitrogens with two attached hydrogens (primary N) is 1. The number of rotatable bonds is 1. The van der Waals surface area contributed by atoms with Crippen molar-refractivity contribution in [1.82, 2.24) is 4.98 Å². The van der Waals surface area contributed by atoms with E-state index in [4.69, 9.17) is 10.2 Å². The first-order valence-corrected chi connectivity index (χ1v) is 4.30. The number of aromatic nitrogens is 1. The number of aliphatic imine (C=N–C) groups is 1. The molecule has 0 unspecified atom stereocenters. The zero-order chi connectivity index (χ0) is 10.1. The average Bonchev–Trinajstić information content (AvgIpc) is 2.55. The van der Waals surface area contributed by atoms with Gasteiger partial charge in [0.25, 0.3) is 0 Å². The highest BCUT2D eigenvalue weighted by molar-refractivity contribution is 5.99. The summed E-state index contributed by atoms with van der Waals surface area (Å²) in [6, 6.07) is 5.60. The molecule has 1 aromatic carbocycles. The summed E-state index contributed by atoms with van der Waals surface area (Å²) in [4.78, 5) is 8.10. The third-order valence-electron chi connectivity index (χ3n) is 2.03. The predicted molar refractivity (Wildman–Crippen MR) is 55.4 cm³/mol. The van der Waals surface area contributed by atoms with Crippen molar-refractivity contribution >= 4 is 16.9 Å². The molecule has 2 N–H and O–H groups in total. The Morgan fingerprint density at radius 3 is 3.00 bits per heavy atom. The lowest BCUT2D eigenvalue weighted by atomic mass is 10.2. The fourth-order valence-corrected chi connectivity index (χ4v) is 1.33. The number of oxazole rings is 1. The number of nitrogens with zero attached hydrogens (tertiary/aromatic N) is 2. The van der Waals surface area contributed by atoms with Crippen LogP contribution < -0.4 is 5.73 Å². The van der Waals surface area contributed by atoms with Crippen molar-refractivity contribution < 1.29 is 4.42 Å². The van der Waals surface area contributed by atoms with E-state index >= 15 is 0 Å². The quantitative estimate of drug-likeness (QED) is 0.545. The maximum Gasteiger partial charge on any atom is 0.192 e. The van der Waals surface area contributed by atoms with Crippen LogP contribution in [0.1, 0.15) is 11.5 Å². The highest BCUT2D eigenvalue weighted by Gasteiger charge is 2.04. The topological polar surface area (TPSA) is 64.4 Å². The second kappa shape index (κ2) is 3.14. The van der Waals surface area contributed by atoms with Crippen LogP contribution in [0.2, 0.25) is 0 Å². The predicted octanol–water partition coefficient (Wildman–Crippen LogP) is 1.47. The van der Waals surface area contributed by atoms with Gasteiger partial charge in [-0.3, -0.25) is 4.99 Å². The highest BCUT2D eigenvalue weighted by Crippen LogP contribution is 2.16. The Morgan fingerprint density at radius 2 is 2.29 bits per heavy atom. The van der Waals surface area contributed by atoms with Crippen LogP contribution in [0.5, 0.6) is 0 Å². The monoisotopic (exact) mass is 189 g/mol. The van der Waals surface area contributed by atoms with Crippen molar-refractivity contribution in [3.05, 3.63) is 29.7 Å². The van der Waals surface area contributed by atoms with E-state index in [9.17, 15) is 0 Å². The second-order valence-corrected chi connectivity index (χ2v) is 3.02. The lowest BCUT2D eigenvalue weighted by molar-refractivity contribution is 0.561. The molecule has 2 rings (SSSR count). The lowest BCUT2D eigenvalue weighted by Gasteiger charge is -1.97. The minimum Gasteiger partial charge on any atom is -0.441 e. The summed E-state index contributed by atoms with van der Waals surface area (Å²) in [6.45, 7) is 1.82. The molecule has 0 aliphatic rings. The van der Waals surface area contributed by atoms with Crippen LogP contribution in [0.4, 0.5) is 0 Å². The van der Waals surface area contributed by atoms with E-state index in [1.807, 2.05) is 25.1 Å². The Morgan fingerprint density at radius 1 is 1.50 bits per heavy atom. The van der Waals surface area contributed by atoms with Gasteiger partial charge in [-0.25, -0.2) is 4.98 Å². The van der Waals surface area contributed by atoms with Crippen molar-refractivity contribution in [2.45, 2.75) is 6.92 Å². The second-order valence-electron chi connectivity index (χ2n) is 3.02. The van der Waals surface area contributed by atoms with Gasteiger partial charge in [0.15, 0.2) is 11.5 Å². The third kappa shape index (κ3) is 1.35. The molecule has 0 aliphatic heterocycles. The Kier molecular flexibility index (Phi) is 1.96. The van der Waals surface area contributed by atoms with E-state index in [-0.39, 0.29) is 0 Å². The molecule has 14 heavy (non-hydrogen) atoms. The molecule has 0 bridgehead atoms. The minimum absolute atomic E-state index is 0.501. The summed E-state index contributed by atoms with van der Waals surface area (Å²) in [5.41, 5.74) is 8.12. The number of hydrogen-bond acceptors (Lipinski definition) is 3. The molecule has 0 fully saturated rings. The zero-order valence-corrected chi connectivity index (χ0v) is 8.11. The number of benzene rings is 1. The lowest BCUT2D eigenvalue weighted by Crippen LogP contribution is -2.12. The third-order valence-corrected chi connectivity index (χ3v) is 2.03. The summed E-state index contributed by atoms with van der Waals surface area (Å²) >= 11 is 0. The number of amidine groups is 1. The van der Waals surface area contributed by atoms with Crippen LogP contribution in [-0.2, 0) is 0 Å². The fraction of sp³-hybridized carbons (Fsp3) is 0.200. The molecule has 4 heteroatoms. The van der Waals surface area contributed by atoms with E-state index in [0.29, 0.717) is 11.7 Å². The highest BCUT2D eigenvalue weighted by atomic mass is 16.3. The van der Waals surface area contributed by atoms with E-state index in [1.165, 1.54) is 0 Å². The summed E-state index contributed by atoms with van der Waals surface area (Å²) in [7, 11) is 1.66. The minimum atomic E-state index is 0.501.